The summed E-state index contributed by atoms with van der Waals surface area (Å²) in [7, 11) is 1.16. The van der Waals surface area contributed by atoms with Crippen LogP contribution in [0.2, 0.25) is 0 Å². The van der Waals surface area contributed by atoms with Crippen molar-refractivity contribution in [2.24, 2.45) is 0 Å². The summed E-state index contributed by atoms with van der Waals surface area (Å²) in [6.07, 6.45) is 2.45. The zero-order valence-electron chi connectivity index (χ0n) is 11.0. The van der Waals surface area contributed by atoms with Crippen molar-refractivity contribution in [3.63, 3.8) is 0 Å². The van der Waals surface area contributed by atoms with Gasteiger partial charge >= 0.3 is 8.03 Å². The molecule has 6 heteroatoms. The first-order valence-corrected chi connectivity index (χ1v) is 7.38. The number of aliphatic hydroxyl groups is 2. The predicted molar refractivity (Wildman–Crippen MR) is 65.4 cm³/mol. The summed E-state index contributed by atoms with van der Waals surface area (Å²) in [5, 5.41) is 17.7. The van der Waals surface area contributed by atoms with Crippen molar-refractivity contribution in [3.8, 4) is 0 Å². The first-order valence-electron chi connectivity index (χ1n) is 6.13. The van der Waals surface area contributed by atoms with Crippen molar-refractivity contribution in [3.05, 3.63) is 0 Å². The third kappa shape index (κ3) is 7.06. The normalized spacial score (nSPS) is 15.1. The van der Waals surface area contributed by atoms with Crippen LogP contribution in [0.1, 0.15) is 39.0 Å². The fourth-order valence-corrected chi connectivity index (χ4v) is 2.90. The van der Waals surface area contributed by atoms with Gasteiger partial charge < -0.3 is 15.1 Å². The molecule has 0 bridgehead atoms. The lowest BCUT2D eigenvalue weighted by Crippen LogP contribution is -2.49. The summed E-state index contributed by atoms with van der Waals surface area (Å²) in [5.74, 6) is -0.435. The Hall–Kier alpha value is -0.0600. The maximum Gasteiger partial charge on any atom is 0.373 e. The molecule has 0 aromatic carbocycles. The van der Waals surface area contributed by atoms with Crippen LogP contribution in [0.5, 0.6) is 0 Å². The largest absolute Gasteiger partial charge is 0.591 e. The lowest BCUT2D eigenvalue weighted by atomic mass is 10.2. The molecule has 0 radical (unpaired) electrons. The fraction of sp³-hybridized carbons (Fsp3) is 1.00. The minimum atomic E-state index is -2.49. The number of nitrogens with zero attached hydrogens (tertiary/aromatic N) is 1. The molecule has 0 saturated carbocycles. The Morgan fingerprint density at radius 1 is 1.24 bits per heavy atom. The average Bonchev–Trinajstić information content (AvgIpc) is 2.21. The van der Waals surface area contributed by atoms with Crippen LogP contribution >= 0.6 is 8.03 Å². The Morgan fingerprint density at radius 2 is 1.82 bits per heavy atom. The molecule has 0 aliphatic carbocycles. The van der Waals surface area contributed by atoms with Crippen LogP contribution in [0.4, 0.5) is 0 Å². The van der Waals surface area contributed by atoms with Crippen molar-refractivity contribution in [1.29, 1.82) is 0 Å². The quantitative estimate of drug-likeness (QED) is 0.279. The number of hydrogen-bond donors (Lipinski definition) is 2. The van der Waals surface area contributed by atoms with Crippen LogP contribution in [0.15, 0.2) is 0 Å². The van der Waals surface area contributed by atoms with Gasteiger partial charge in [-0.1, -0.05) is 24.3 Å². The second kappa shape index (κ2) is 8.11. The molecule has 0 aliphatic rings. The summed E-state index contributed by atoms with van der Waals surface area (Å²) in [4.78, 5) is 11.3. The van der Waals surface area contributed by atoms with E-state index in [1.54, 1.807) is 0 Å². The van der Waals surface area contributed by atoms with E-state index in [1.807, 2.05) is 14.1 Å². The van der Waals surface area contributed by atoms with Crippen molar-refractivity contribution >= 4 is 8.03 Å². The summed E-state index contributed by atoms with van der Waals surface area (Å²) in [6, 6.07) is 0. The molecule has 2 N–H and O–H groups in total. The molecule has 2 unspecified atom stereocenters. The highest BCUT2D eigenvalue weighted by atomic mass is 31.1. The summed E-state index contributed by atoms with van der Waals surface area (Å²) in [6.45, 7) is 2.52. The smallest absolute Gasteiger partial charge is 0.373 e. The van der Waals surface area contributed by atoms with Gasteiger partial charge in [0.25, 0.3) is 5.78 Å². The Labute approximate surface area is 105 Å². The summed E-state index contributed by atoms with van der Waals surface area (Å²) >= 11 is 0. The first-order chi connectivity index (χ1) is 7.81. The second-order valence-corrected chi connectivity index (χ2v) is 6.20. The van der Waals surface area contributed by atoms with E-state index in [-0.39, 0.29) is 6.42 Å². The minimum Gasteiger partial charge on any atom is -0.591 e. The van der Waals surface area contributed by atoms with E-state index >= 15 is 0 Å². The van der Waals surface area contributed by atoms with Crippen LogP contribution in [-0.2, 0) is 4.57 Å². The Bertz CT molecular complexity index is 234. The molecular weight excluding hydrogens is 241 g/mol. The SMILES string of the molecule is CCCCCC([P+](=O)[O-])[N+](C)(C)CCC(O)O. The molecule has 0 fully saturated rings. The topological polar surface area (TPSA) is 80.6 Å². The van der Waals surface area contributed by atoms with E-state index in [1.165, 1.54) is 0 Å². The van der Waals surface area contributed by atoms with Crippen LogP contribution < -0.4 is 4.89 Å². The van der Waals surface area contributed by atoms with E-state index in [0.29, 0.717) is 17.4 Å². The van der Waals surface area contributed by atoms with Crippen LogP contribution in [0, 0.1) is 0 Å². The van der Waals surface area contributed by atoms with Crippen LogP contribution in [0.3, 0.4) is 0 Å². The van der Waals surface area contributed by atoms with E-state index < -0.39 is 20.1 Å². The van der Waals surface area contributed by atoms with Crippen molar-refractivity contribution < 1.29 is 24.2 Å². The standard InChI is InChI=1S/C11H25NO4P/c1-4-5-6-7-10(17(15)16)12(2,3)9-8-11(13)14/h10-11,13-14H,4-9H2,1-3H3/q+1. The van der Waals surface area contributed by atoms with Crippen LogP contribution in [-0.4, -0.2) is 47.4 Å². The van der Waals surface area contributed by atoms with Crippen molar-refractivity contribution in [1.82, 2.24) is 0 Å². The van der Waals surface area contributed by atoms with Gasteiger partial charge in [-0.15, -0.1) is 0 Å². The Morgan fingerprint density at radius 3 is 2.24 bits per heavy atom. The average molecular weight is 266 g/mol. The van der Waals surface area contributed by atoms with Gasteiger partial charge in [0.2, 0.25) is 0 Å². The third-order valence-corrected chi connectivity index (χ3v) is 4.45. The molecule has 102 valence electrons. The van der Waals surface area contributed by atoms with Crippen LogP contribution in [0.25, 0.3) is 0 Å². The van der Waals surface area contributed by atoms with Gasteiger partial charge in [0.05, 0.1) is 20.6 Å². The maximum atomic E-state index is 11.3. The number of rotatable bonds is 9. The lowest BCUT2D eigenvalue weighted by molar-refractivity contribution is -0.903. The van der Waals surface area contributed by atoms with Gasteiger partial charge in [0.15, 0.2) is 6.29 Å². The van der Waals surface area contributed by atoms with E-state index in [9.17, 15) is 9.46 Å². The molecule has 0 saturated heterocycles. The zero-order chi connectivity index (χ0) is 13.5. The summed E-state index contributed by atoms with van der Waals surface area (Å²) < 4.78 is 11.6. The predicted octanol–water partition coefficient (Wildman–Crippen LogP) is 0.773. The molecule has 0 aliphatic heterocycles. The maximum absolute atomic E-state index is 11.3. The van der Waals surface area contributed by atoms with Crippen molar-refractivity contribution in [2.75, 3.05) is 20.6 Å². The molecule has 0 heterocycles. The highest BCUT2D eigenvalue weighted by Gasteiger charge is 2.37. The van der Waals surface area contributed by atoms with Gasteiger partial charge in [0.1, 0.15) is 0 Å². The van der Waals surface area contributed by atoms with Gasteiger partial charge in [-0.2, -0.15) is 0 Å². The van der Waals surface area contributed by atoms with Crippen molar-refractivity contribution in [2.45, 2.75) is 51.1 Å². The lowest BCUT2D eigenvalue weighted by Gasteiger charge is -2.33. The molecule has 0 rings (SSSR count). The highest BCUT2D eigenvalue weighted by molar-refractivity contribution is 7.37. The number of quaternary nitrogens is 1. The molecule has 0 aromatic heterocycles. The highest BCUT2D eigenvalue weighted by Crippen LogP contribution is 2.30. The Balaban J connectivity index is 4.39. The molecule has 0 spiro atoms. The molecule has 5 nitrogen and oxygen atoms in total. The fourth-order valence-electron chi connectivity index (χ4n) is 1.88. The minimum absolute atomic E-state index is 0.195. The van der Waals surface area contributed by atoms with Gasteiger partial charge in [-0.3, -0.25) is 4.48 Å². The van der Waals surface area contributed by atoms with Gasteiger partial charge in [-0.25, -0.2) is 0 Å². The monoisotopic (exact) mass is 266 g/mol. The Kier molecular flexibility index (Phi) is 8.09. The number of unbranched alkanes of at least 4 members (excludes halogenated alkanes) is 2. The van der Waals surface area contributed by atoms with E-state index in [0.717, 1.165) is 19.3 Å². The molecule has 0 aromatic rings. The molecule has 0 amide bonds. The molecule has 2 atom stereocenters. The first kappa shape index (κ1) is 16.9. The van der Waals surface area contributed by atoms with Gasteiger partial charge in [-0.05, 0) is 6.42 Å². The van der Waals surface area contributed by atoms with E-state index in [4.69, 9.17) is 10.2 Å². The van der Waals surface area contributed by atoms with E-state index in [2.05, 4.69) is 6.92 Å². The zero-order valence-corrected chi connectivity index (χ0v) is 11.9. The molecular formula is C11H25NO4P+. The molecule has 17 heavy (non-hydrogen) atoms. The van der Waals surface area contributed by atoms with Gasteiger partial charge in [0, 0.05) is 12.8 Å². The second-order valence-electron chi connectivity index (χ2n) is 5.03. The third-order valence-electron chi connectivity index (χ3n) is 3.08. The summed E-state index contributed by atoms with van der Waals surface area (Å²) in [5.41, 5.74) is 0. The number of aliphatic hydroxyl groups excluding tert-OH is 1. The number of hydrogen-bond acceptors (Lipinski definition) is 4.